The van der Waals surface area contributed by atoms with Crippen molar-refractivity contribution in [2.45, 2.75) is 33.1 Å². The molecule has 2 rings (SSSR count). The first kappa shape index (κ1) is 15.8. The first-order valence-corrected chi connectivity index (χ1v) is 7.75. The van der Waals surface area contributed by atoms with Crippen LogP contribution < -0.4 is 10.6 Å². The number of halogens is 1. The average Bonchev–Trinajstić information content (AvgIpc) is 3.22. The lowest BCUT2D eigenvalue weighted by molar-refractivity contribution is -0.125. The summed E-state index contributed by atoms with van der Waals surface area (Å²) in [6.07, 6.45) is 2.65. The van der Waals surface area contributed by atoms with Gasteiger partial charge in [0.1, 0.15) is 0 Å². The zero-order chi connectivity index (χ0) is 15.4. The second-order valence-electron chi connectivity index (χ2n) is 5.54. The van der Waals surface area contributed by atoms with E-state index in [1.54, 1.807) is 18.2 Å². The Labute approximate surface area is 130 Å². The Balaban J connectivity index is 1.84. The number of hydrogen-bond donors (Lipinski definition) is 2. The molecule has 1 aromatic carbocycles. The van der Waals surface area contributed by atoms with Gasteiger partial charge >= 0.3 is 0 Å². The lowest BCUT2D eigenvalue weighted by Crippen LogP contribution is -2.28. The molecule has 114 valence electrons. The molecule has 5 heteroatoms. The summed E-state index contributed by atoms with van der Waals surface area (Å²) in [6.45, 7) is 4.66. The fourth-order valence-electron chi connectivity index (χ4n) is 2.29. The van der Waals surface area contributed by atoms with Gasteiger partial charge in [-0.3, -0.25) is 9.59 Å². The monoisotopic (exact) mass is 308 g/mol. The normalized spacial score (nSPS) is 20.0. The van der Waals surface area contributed by atoms with Gasteiger partial charge in [0, 0.05) is 17.3 Å². The zero-order valence-electron chi connectivity index (χ0n) is 12.4. The minimum atomic E-state index is -0.207. The predicted octanol–water partition coefficient (Wildman–Crippen LogP) is 3.14. The summed E-state index contributed by atoms with van der Waals surface area (Å²) in [6, 6.07) is 5.33. The summed E-state index contributed by atoms with van der Waals surface area (Å²) in [7, 11) is 0. The summed E-state index contributed by atoms with van der Waals surface area (Å²) in [4.78, 5) is 24.0. The van der Waals surface area contributed by atoms with Crippen LogP contribution in [0.15, 0.2) is 18.2 Å². The molecular weight excluding hydrogens is 288 g/mol. The minimum Gasteiger partial charge on any atom is -0.356 e. The Morgan fingerprint density at radius 2 is 2.00 bits per heavy atom. The molecule has 1 saturated carbocycles. The van der Waals surface area contributed by atoms with Gasteiger partial charge in [0.2, 0.25) is 11.8 Å². The van der Waals surface area contributed by atoms with E-state index in [-0.39, 0.29) is 23.7 Å². The van der Waals surface area contributed by atoms with Crippen LogP contribution in [0, 0.1) is 18.8 Å². The second-order valence-corrected chi connectivity index (χ2v) is 5.98. The molecule has 2 amide bonds. The van der Waals surface area contributed by atoms with E-state index in [4.69, 9.17) is 11.6 Å². The van der Waals surface area contributed by atoms with Crippen molar-refractivity contribution < 1.29 is 9.59 Å². The van der Waals surface area contributed by atoms with E-state index in [1.165, 1.54) is 0 Å². The maximum atomic E-state index is 12.1. The van der Waals surface area contributed by atoms with Gasteiger partial charge in [-0.25, -0.2) is 0 Å². The molecular formula is C16H21ClN2O2. The summed E-state index contributed by atoms with van der Waals surface area (Å²) >= 11 is 5.89. The van der Waals surface area contributed by atoms with E-state index < -0.39 is 0 Å². The zero-order valence-corrected chi connectivity index (χ0v) is 13.2. The van der Waals surface area contributed by atoms with Crippen LogP contribution in [0.2, 0.25) is 5.02 Å². The van der Waals surface area contributed by atoms with Crippen molar-refractivity contribution >= 4 is 29.1 Å². The van der Waals surface area contributed by atoms with Gasteiger partial charge in [-0.2, -0.15) is 0 Å². The lowest BCUT2D eigenvalue weighted by Gasteiger charge is -2.08. The van der Waals surface area contributed by atoms with Gasteiger partial charge in [-0.05, 0) is 43.5 Å². The Morgan fingerprint density at radius 1 is 1.29 bits per heavy atom. The van der Waals surface area contributed by atoms with Crippen molar-refractivity contribution in [3.8, 4) is 0 Å². The van der Waals surface area contributed by atoms with Crippen molar-refractivity contribution in [3.05, 3.63) is 28.8 Å². The van der Waals surface area contributed by atoms with Crippen molar-refractivity contribution in [3.63, 3.8) is 0 Å². The Morgan fingerprint density at radius 3 is 2.67 bits per heavy atom. The lowest BCUT2D eigenvalue weighted by atomic mass is 10.2. The number of anilines is 1. The van der Waals surface area contributed by atoms with E-state index in [2.05, 4.69) is 17.6 Å². The largest absolute Gasteiger partial charge is 0.356 e. The molecule has 1 aromatic rings. The highest BCUT2D eigenvalue weighted by Crippen LogP contribution is 2.39. The molecule has 0 radical (unpaired) electrons. The van der Waals surface area contributed by atoms with Gasteiger partial charge in [-0.1, -0.05) is 24.9 Å². The quantitative estimate of drug-likeness (QED) is 0.793. The summed E-state index contributed by atoms with van der Waals surface area (Å²) in [5, 5.41) is 6.39. The summed E-state index contributed by atoms with van der Waals surface area (Å²) in [5.74, 6) is -0.469. The van der Waals surface area contributed by atoms with E-state index >= 15 is 0 Å². The predicted molar refractivity (Wildman–Crippen MR) is 84.3 cm³/mol. The number of amides is 2. The molecule has 2 N–H and O–H groups in total. The fourth-order valence-corrected chi connectivity index (χ4v) is 2.51. The third-order valence-electron chi connectivity index (χ3n) is 3.74. The smallest absolute Gasteiger partial charge is 0.228 e. The SMILES string of the molecule is CCCCNC(=O)C1CC1C(=O)Nc1ccc(Cl)cc1C. The molecule has 0 bridgehead atoms. The van der Waals surface area contributed by atoms with Crippen LogP contribution in [-0.2, 0) is 9.59 Å². The fraction of sp³-hybridized carbons (Fsp3) is 0.500. The highest BCUT2D eigenvalue weighted by molar-refractivity contribution is 6.30. The number of benzene rings is 1. The van der Waals surface area contributed by atoms with Crippen molar-refractivity contribution in [2.75, 3.05) is 11.9 Å². The van der Waals surface area contributed by atoms with Crippen LogP contribution in [-0.4, -0.2) is 18.4 Å². The van der Waals surface area contributed by atoms with Crippen molar-refractivity contribution in [2.24, 2.45) is 11.8 Å². The van der Waals surface area contributed by atoms with Crippen molar-refractivity contribution in [1.29, 1.82) is 0 Å². The molecule has 2 atom stereocenters. The first-order valence-electron chi connectivity index (χ1n) is 7.37. The number of carbonyl (C=O) groups is 2. The van der Waals surface area contributed by atoms with Crippen molar-refractivity contribution in [1.82, 2.24) is 5.32 Å². The van der Waals surface area contributed by atoms with Crippen LogP contribution >= 0.6 is 11.6 Å². The third-order valence-corrected chi connectivity index (χ3v) is 3.97. The van der Waals surface area contributed by atoms with Gasteiger partial charge in [0.25, 0.3) is 0 Å². The topological polar surface area (TPSA) is 58.2 Å². The molecule has 0 aromatic heterocycles. The number of nitrogens with one attached hydrogen (secondary N) is 2. The summed E-state index contributed by atoms with van der Waals surface area (Å²) in [5.41, 5.74) is 1.67. The maximum absolute atomic E-state index is 12.1. The van der Waals surface area contributed by atoms with Crippen LogP contribution in [0.1, 0.15) is 31.7 Å². The number of carbonyl (C=O) groups excluding carboxylic acids is 2. The molecule has 0 heterocycles. The standard InChI is InChI=1S/C16H21ClN2O2/c1-3-4-7-18-15(20)12-9-13(12)16(21)19-14-6-5-11(17)8-10(14)2/h5-6,8,12-13H,3-4,7,9H2,1-2H3,(H,18,20)(H,19,21). The van der Waals surface area contributed by atoms with Crippen LogP contribution in [0.25, 0.3) is 0 Å². The Hall–Kier alpha value is -1.55. The molecule has 1 aliphatic carbocycles. The summed E-state index contributed by atoms with van der Waals surface area (Å²) < 4.78 is 0. The first-order chi connectivity index (χ1) is 10.0. The van der Waals surface area contributed by atoms with Gasteiger partial charge in [-0.15, -0.1) is 0 Å². The van der Waals surface area contributed by atoms with E-state index in [9.17, 15) is 9.59 Å². The average molecular weight is 309 g/mol. The van der Waals surface area contributed by atoms with Crippen LogP contribution in [0.3, 0.4) is 0 Å². The van der Waals surface area contributed by atoms with Crippen LogP contribution in [0.5, 0.6) is 0 Å². The van der Waals surface area contributed by atoms with Gasteiger partial charge < -0.3 is 10.6 Å². The molecule has 2 unspecified atom stereocenters. The number of rotatable bonds is 6. The number of aryl methyl sites for hydroxylation is 1. The highest BCUT2D eigenvalue weighted by Gasteiger charge is 2.47. The molecule has 0 spiro atoms. The molecule has 0 saturated heterocycles. The van der Waals surface area contributed by atoms with E-state index in [0.717, 1.165) is 24.1 Å². The second kappa shape index (κ2) is 6.94. The van der Waals surface area contributed by atoms with Crippen LogP contribution in [0.4, 0.5) is 5.69 Å². The maximum Gasteiger partial charge on any atom is 0.228 e. The molecule has 21 heavy (non-hydrogen) atoms. The van der Waals surface area contributed by atoms with E-state index in [1.807, 2.05) is 6.92 Å². The number of hydrogen-bond acceptors (Lipinski definition) is 2. The van der Waals surface area contributed by atoms with Gasteiger partial charge in [0.15, 0.2) is 0 Å². The molecule has 1 aliphatic rings. The molecule has 4 nitrogen and oxygen atoms in total. The van der Waals surface area contributed by atoms with E-state index in [0.29, 0.717) is 18.0 Å². The Bertz CT molecular complexity index is 545. The minimum absolute atomic E-state index is 0.00331. The molecule has 1 fully saturated rings. The molecule has 0 aliphatic heterocycles. The third kappa shape index (κ3) is 4.21. The Kier molecular flexibility index (Phi) is 5.23. The highest BCUT2D eigenvalue weighted by atomic mass is 35.5. The number of unbranched alkanes of at least 4 members (excludes halogenated alkanes) is 1. The van der Waals surface area contributed by atoms with Gasteiger partial charge in [0.05, 0.1) is 11.8 Å².